The molecule has 33 heavy (non-hydrogen) atoms. The van der Waals surface area contributed by atoms with Crippen LogP contribution in [-0.2, 0) is 11.2 Å². The molecule has 8 nitrogen and oxygen atoms in total. The summed E-state index contributed by atoms with van der Waals surface area (Å²) in [6.07, 6.45) is 6.22. The standard InChI is InChI=1S/C23H27ClN2O6S/c1-2-3-15-6-13(7-19(27)28)4-5-23(15,33-21-20(22(29)30)25-11-26-21)10-14-8-17-18(9-16(14)24)32-12-31-17/h8-9,11,13,15H,2-7,10,12H2,1H3,(H,25,26)(H,27,28)(H,29,30). The molecule has 1 fully saturated rings. The van der Waals surface area contributed by atoms with Gasteiger partial charge in [-0.05, 0) is 55.6 Å². The number of imidazole rings is 1. The molecule has 1 aliphatic carbocycles. The molecule has 1 aromatic heterocycles. The average Bonchev–Trinajstić information content (AvgIpc) is 3.39. The van der Waals surface area contributed by atoms with Gasteiger partial charge in [-0.1, -0.05) is 36.7 Å². The Morgan fingerprint density at radius 3 is 2.76 bits per heavy atom. The number of H-pyrrole nitrogens is 1. The SMILES string of the molecule is CCCC1CC(CC(=O)O)CCC1(Cc1cc2c(cc1Cl)OCO2)Sc1nc[nH]c1C(=O)O. The van der Waals surface area contributed by atoms with Crippen LogP contribution >= 0.6 is 23.4 Å². The van der Waals surface area contributed by atoms with E-state index in [0.717, 1.165) is 37.7 Å². The molecule has 178 valence electrons. The van der Waals surface area contributed by atoms with Gasteiger partial charge in [-0.3, -0.25) is 4.79 Å². The average molecular weight is 495 g/mol. The van der Waals surface area contributed by atoms with Crippen molar-refractivity contribution in [3.05, 3.63) is 34.7 Å². The molecule has 3 N–H and O–H groups in total. The van der Waals surface area contributed by atoms with Crippen LogP contribution in [0.15, 0.2) is 23.5 Å². The summed E-state index contributed by atoms with van der Waals surface area (Å²) >= 11 is 8.11. The number of hydrogen-bond donors (Lipinski definition) is 3. The van der Waals surface area contributed by atoms with Gasteiger partial charge in [0, 0.05) is 22.3 Å². The minimum Gasteiger partial charge on any atom is -0.481 e. The largest absolute Gasteiger partial charge is 0.481 e. The van der Waals surface area contributed by atoms with E-state index in [1.165, 1.54) is 18.1 Å². The van der Waals surface area contributed by atoms with Crippen molar-refractivity contribution in [3.63, 3.8) is 0 Å². The molecule has 0 bridgehead atoms. The van der Waals surface area contributed by atoms with Crippen LogP contribution in [0.3, 0.4) is 0 Å². The number of hydrogen-bond acceptors (Lipinski definition) is 6. The number of carboxylic acid groups (broad SMARTS) is 2. The Morgan fingerprint density at radius 1 is 1.30 bits per heavy atom. The van der Waals surface area contributed by atoms with Crippen molar-refractivity contribution in [2.45, 2.75) is 61.6 Å². The predicted molar refractivity (Wildman–Crippen MR) is 123 cm³/mol. The Kier molecular flexibility index (Phi) is 7.09. The predicted octanol–water partition coefficient (Wildman–Crippen LogP) is 5.25. The molecule has 2 aromatic rings. The van der Waals surface area contributed by atoms with Crippen molar-refractivity contribution in [3.8, 4) is 11.5 Å². The molecule has 0 saturated heterocycles. The maximum Gasteiger partial charge on any atom is 0.355 e. The van der Waals surface area contributed by atoms with E-state index in [0.29, 0.717) is 28.0 Å². The fraction of sp³-hybridized carbons (Fsp3) is 0.522. The summed E-state index contributed by atoms with van der Waals surface area (Å²) < 4.78 is 10.6. The van der Waals surface area contributed by atoms with E-state index in [1.54, 1.807) is 6.07 Å². The number of rotatable bonds is 9. The Hall–Kier alpha value is -2.39. The number of thioether (sulfide) groups is 1. The number of ether oxygens (including phenoxy) is 2. The van der Waals surface area contributed by atoms with Crippen LogP contribution < -0.4 is 9.47 Å². The zero-order valence-corrected chi connectivity index (χ0v) is 19.9. The van der Waals surface area contributed by atoms with Crippen molar-refractivity contribution in [2.75, 3.05) is 6.79 Å². The quantitative estimate of drug-likeness (QED) is 0.431. The van der Waals surface area contributed by atoms with Crippen LogP contribution in [0.5, 0.6) is 11.5 Å². The summed E-state index contributed by atoms with van der Waals surface area (Å²) in [5, 5.41) is 20.0. The smallest absolute Gasteiger partial charge is 0.355 e. The monoisotopic (exact) mass is 494 g/mol. The number of halogens is 1. The van der Waals surface area contributed by atoms with Crippen LogP contribution in [0.4, 0.5) is 0 Å². The van der Waals surface area contributed by atoms with Gasteiger partial charge in [0.25, 0.3) is 0 Å². The normalized spacial score (nSPS) is 24.1. The van der Waals surface area contributed by atoms with Crippen LogP contribution in [0.2, 0.25) is 5.02 Å². The number of nitrogens with zero attached hydrogens (tertiary/aromatic N) is 1. The fourth-order valence-electron chi connectivity index (χ4n) is 5.07. The van der Waals surface area contributed by atoms with Crippen molar-refractivity contribution in [1.29, 1.82) is 0 Å². The molecule has 0 amide bonds. The van der Waals surface area contributed by atoms with Crippen molar-refractivity contribution in [2.24, 2.45) is 11.8 Å². The Morgan fingerprint density at radius 2 is 2.06 bits per heavy atom. The molecule has 10 heteroatoms. The van der Waals surface area contributed by atoms with E-state index >= 15 is 0 Å². The Balaban J connectivity index is 1.72. The Bertz CT molecular complexity index is 1040. The molecular weight excluding hydrogens is 468 g/mol. The highest BCUT2D eigenvalue weighted by atomic mass is 35.5. The number of aromatic nitrogens is 2. The first kappa shape index (κ1) is 23.8. The topological polar surface area (TPSA) is 122 Å². The summed E-state index contributed by atoms with van der Waals surface area (Å²) in [7, 11) is 0. The van der Waals surface area contributed by atoms with Gasteiger partial charge in [-0.25, -0.2) is 9.78 Å². The van der Waals surface area contributed by atoms with Gasteiger partial charge < -0.3 is 24.7 Å². The minimum atomic E-state index is -1.06. The van der Waals surface area contributed by atoms with Crippen LogP contribution in [0.1, 0.15) is 61.5 Å². The van der Waals surface area contributed by atoms with E-state index in [1.807, 2.05) is 6.07 Å². The molecule has 1 aliphatic heterocycles. The van der Waals surface area contributed by atoms with Gasteiger partial charge in [0.05, 0.1) is 6.33 Å². The zero-order chi connectivity index (χ0) is 23.6. The molecule has 3 atom stereocenters. The first-order valence-corrected chi connectivity index (χ1v) is 12.3. The zero-order valence-electron chi connectivity index (χ0n) is 18.3. The van der Waals surface area contributed by atoms with Gasteiger partial charge >= 0.3 is 11.9 Å². The van der Waals surface area contributed by atoms with E-state index in [9.17, 15) is 19.8 Å². The molecular formula is C23H27ClN2O6S. The number of fused-ring (bicyclic) bond motifs is 1. The molecule has 3 unspecified atom stereocenters. The van der Waals surface area contributed by atoms with Crippen LogP contribution in [-0.4, -0.2) is 43.7 Å². The number of nitrogens with one attached hydrogen (secondary N) is 1. The number of benzene rings is 1. The fourth-order valence-corrected chi connectivity index (χ4v) is 6.86. The highest BCUT2D eigenvalue weighted by Gasteiger charge is 2.46. The summed E-state index contributed by atoms with van der Waals surface area (Å²) in [5.74, 6) is -0.315. The third-order valence-electron chi connectivity index (χ3n) is 6.59. The molecule has 1 saturated carbocycles. The van der Waals surface area contributed by atoms with Crippen molar-refractivity contribution in [1.82, 2.24) is 9.97 Å². The minimum absolute atomic E-state index is 0.0686. The lowest BCUT2D eigenvalue weighted by Gasteiger charge is -2.46. The van der Waals surface area contributed by atoms with Gasteiger partial charge in [-0.2, -0.15) is 0 Å². The molecule has 0 spiro atoms. The first-order chi connectivity index (χ1) is 15.8. The molecule has 0 radical (unpaired) electrons. The number of aromatic amines is 1. The van der Waals surface area contributed by atoms with Gasteiger partial charge in [0.15, 0.2) is 17.2 Å². The van der Waals surface area contributed by atoms with Crippen molar-refractivity contribution >= 4 is 35.3 Å². The highest BCUT2D eigenvalue weighted by Crippen LogP contribution is 2.54. The van der Waals surface area contributed by atoms with Crippen LogP contribution in [0.25, 0.3) is 0 Å². The number of carbonyl (C=O) groups is 2. The van der Waals surface area contributed by atoms with E-state index in [-0.39, 0.29) is 35.5 Å². The lowest BCUT2D eigenvalue weighted by atomic mass is 9.68. The number of carboxylic acids is 2. The van der Waals surface area contributed by atoms with Crippen LogP contribution in [0, 0.1) is 11.8 Å². The summed E-state index contributed by atoms with van der Waals surface area (Å²) in [6.45, 7) is 2.26. The summed E-state index contributed by atoms with van der Waals surface area (Å²) in [6, 6.07) is 3.67. The molecule has 1 aromatic carbocycles. The van der Waals surface area contributed by atoms with E-state index in [2.05, 4.69) is 16.9 Å². The second-order valence-corrected chi connectivity index (χ2v) is 10.6. The lowest BCUT2D eigenvalue weighted by Crippen LogP contribution is -2.43. The number of aromatic carboxylic acids is 1. The van der Waals surface area contributed by atoms with E-state index in [4.69, 9.17) is 21.1 Å². The lowest BCUT2D eigenvalue weighted by molar-refractivity contribution is -0.138. The summed E-state index contributed by atoms with van der Waals surface area (Å²) in [5.41, 5.74) is 0.970. The Labute approximate surface area is 201 Å². The second-order valence-electron chi connectivity index (χ2n) is 8.75. The maximum atomic E-state index is 11.7. The third kappa shape index (κ3) is 5.09. The van der Waals surface area contributed by atoms with Gasteiger partial charge in [-0.15, -0.1) is 0 Å². The van der Waals surface area contributed by atoms with Gasteiger partial charge in [0.2, 0.25) is 6.79 Å². The molecule has 4 rings (SSSR count). The third-order valence-corrected chi connectivity index (χ3v) is 8.53. The first-order valence-electron chi connectivity index (χ1n) is 11.1. The summed E-state index contributed by atoms with van der Waals surface area (Å²) in [4.78, 5) is 30.2. The van der Waals surface area contributed by atoms with Gasteiger partial charge in [0.1, 0.15) is 5.03 Å². The van der Waals surface area contributed by atoms with Crippen molar-refractivity contribution < 1.29 is 29.3 Å². The molecule has 2 aliphatic rings. The molecule has 2 heterocycles. The second kappa shape index (κ2) is 9.85. The highest BCUT2D eigenvalue weighted by molar-refractivity contribution is 8.00. The number of aliphatic carboxylic acids is 1. The van der Waals surface area contributed by atoms with E-state index < -0.39 is 11.9 Å². The maximum absolute atomic E-state index is 11.7.